The van der Waals surface area contributed by atoms with Gasteiger partial charge in [0, 0.05) is 29.7 Å². The molecule has 5 rings (SSSR count). The highest BCUT2D eigenvalue weighted by molar-refractivity contribution is 5.95. The molecule has 5 nitrogen and oxygen atoms in total. The molecule has 2 aromatic rings. The number of hydrogen-bond acceptors (Lipinski definition) is 5. The van der Waals surface area contributed by atoms with Gasteiger partial charge in [0.05, 0.1) is 0 Å². The first-order valence-corrected chi connectivity index (χ1v) is 10.7. The lowest BCUT2D eigenvalue weighted by Crippen LogP contribution is -2.35. The number of fused-ring (bicyclic) bond motifs is 2. The van der Waals surface area contributed by atoms with E-state index in [1.807, 2.05) is 0 Å². The summed E-state index contributed by atoms with van der Waals surface area (Å²) in [6.45, 7) is 4.38. The minimum absolute atomic E-state index is 0.0290. The van der Waals surface area contributed by atoms with E-state index in [0.717, 1.165) is 69.0 Å². The van der Waals surface area contributed by atoms with Crippen LogP contribution in [0.3, 0.4) is 0 Å². The van der Waals surface area contributed by atoms with Gasteiger partial charge < -0.3 is 14.1 Å². The molecule has 0 spiro atoms. The van der Waals surface area contributed by atoms with Crippen molar-refractivity contribution in [2.45, 2.75) is 70.3 Å². The van der Waals surface area contributed by atoms with Crippen LogP contribution in [-0.2, 0) is 11.2 Å². The number of aryl methyl sites for hydroxylation is 1. The van der Waals surface area contributed by atoms with Gasteiger partial charge in [-0.05, 0) is 68.6 Å². The Bertz CT molecular complexity index is 986. The number of anilines is 1. The molecule has 1 aromatic heterocycles. The van der Waals surface area contributed by atoms with E-state index in [0.29, 0.717) is 11.5 Å². The largest absolute Gasteiger partial charge is 0.459 e. The zero-order chi connectivity index (χ0) is 19.3. The van der Waals surface area contributed by atoms with Crippen LogP contribution in [0.4, 0.5) is 5.69 Å². The SMILES string of the molecule is CC1CCN2CCCc3c2c1cc1cc(C(=O)OC2CCCCC2)c(=O)oc31. The van der Waals surface area contributed by atoms with Crippen LogP contribution in [0.1, 0.15) is 79.3 Å². The van der Waals surface area contributed by atoms with Gasteiger partial charge in [0.2, 0.25) is 0 Å². The molecule has 1 unspecified atom stereocenters. The van der Waals surface area contributed by atoms with E-state index in [4.69, 9.17) is 9.15 Å². The third kappa shape index (κ3) is 2.92. The molecule has 1 atom stereocenters. The lowest BCUT2D eigenvalue weighted by Gasteiger charge is -2.39. The molecule has 0 radical (unpaired) electrons. The minimum atomic E-state index is -0.578. The Labute approximate surface area is 164 Å². The number of carbonyl (C=O) groups excluding carboxylic acids is 1. The molecule has 1 aliphatic carbocycles. The number of rotatable bonds is 2. The summed E-state index contributed by atoms with van der Waals surface area (Å²) in [6.07, 6.45) is 8.15. The summed E-state index contributed by atoms with van der Waals surface area (Å²) in [5.74, 6) is -0.0688. The first-order valence-electron chi connectivity index (χ1n) is 10.7. The molecule has 3 aliphatic rings. The van der Waals surface area contributed by atoms with Crippen molar-refractivity contribution >= 4 is 22.6 Å². The fraction of sp³-hybridized carbons (Fsp3) is 0.565. The molecule has 3 heterocycles. The van der Waals surface area contributed by atoms with Crippen LogP contribution < -0.4 is 10.5 Å². The van der Waals surface area contributed by atoms with Crippen LogP contribution >= 0.6 is 0 Å². The summed E-state index contributed by atoms with van der Waals surface area (Å²) >= 11 is 0. The van der Waals surface area contributed by atoms with Gasteiger partial charge in [0.1, 0.15) is 17.3 Å². The highest BCUT2D eigenvalue weighted by Gasteiger charge is 2.31. The normalized spacial score (nSPS) is 22.2. The second-order valence-electron chi connectivity index (χ2n) is 8.60. The Morgan fingerprint density at radius 3 is 2.75 bits per heavy atom. The zero-order valence-electron chi connectivity index (χ0n) is 16.5. The fourth-order valence-corrected chi connectivity index (χ4v) is 5.16. The molecule has 148 valence electrons. The Morgan fingerprint density at radius 2 is 1.93 bits per heavy atom. The van der Waals surface area contributed by atoms with Crippen molar-refractivity contribution in [2.75, 3.05) is 18.0 Å². The lowest BCUT2D eigenvalue weighted by molar-refractivity contribution is 0.0207. The van der Waals surface area contributed by atoms with E-state index in [1.165, 1.54) is 17.7 Å². The summed E-state index contributed by atoms with van der Waals surface area (Å²) < 4.78 is 11.3. The van der Waals surface area contributed by atoms with Gasteiger partial charge in [-0.25, -0.2) is 9.59 Å². The van der Waals surface area contributed by atoms with Crippen molar-refractivity contribution in [1.29, 1.82) is 0 Å². The number of hydrogen-bond donors (Lipinski definition) is 0. The molecule has 5 heteroatoms. The third-order valence-electron chi connectivity index (χ3n) is 6.70. The highest BCUT2D eigenvalue weighted by Crippen LogP contribution is 2.43. The molecular formula is C23H27NO4. The standard InChI is InChI=1S/C23H27NO4/c1-14-9-11-24-10-5-8-17-20(24)18(14)12-15-13-19(23(26)28-21(15)17)22(25)27-16-6-3-2-4-7-16/h12-14,16H,2-11H2,1H3. The van der Waals surface area contributed by atoms with E-state index in [9.17, 15) is 9.59 Å². The topological polar surface area (TPSA) is 59.8 Å². The van der Waals surface area contributed by atoms with Crippen molar-refractivity contribution in [3.8, 4) is 0 Å². The van der Waals surface area contributed by atoms with Crippen LogP contribution in [0, 0.1) is 0 Å². The van der Waals surface area contributed by atoms with Gasteiger partial charge in [-0.3, -0.25) is 0 Å². The van der Waals surface area contributed by atoms with Crippen LogP contribution in [0.15, 0.2) is 21.3 Å². The van der Waals surface area contributed by atoms with Crippen molar-refractivity contribution in [3.63, 3.8) is 0 Å². The van der Waals surface area contributed by atoms with Crippen LogP contribution in [0.25, 0.3) is 11.0 Å². The van der Waals surface area contributed by atoms with Crippen LogP contribution in [0.2, 0.25) is 0 Å². The molecule has 0 bridgehead atoms. The van der Waals surface area contributed by atoms with Gasteiger partial charge in [0.15, 0.2) is 0 Å². The second-order valence-corrected chi connectivity index (χ2v) is 8.60. The van der Waals surface area contributed by atoms with Crippen LogP contribution in [0.5, 0.6) is 0 Å². The predicted octanol–water partition coefficient (Wildman–Crippen LogP) is 4.54. The maximum atomic E-state index is 12.7. The zero-order valence-corrected chi connectivity index (χ0v) is 16.5. The molecular weight excluding hydrogens is 354 g/mol. The average Bonchev–Trinajstić information content (AvgIpc) is 2.71. The lowest BCUT2D eigenvalue weighted by atomic mass is 9.84. The molecule has 1 aromatic carbocycles. The number of nitrogens with zero attached hydrogens (tertiary/aromatic N) is 1. The smallest absolute Gasteiger partial charge is 0.351 e. The number of esters is 1. The molecule has 1 fully saturated rings. The summed E-state index contributed by atoms with van der Waals surface area (Å²) in [5, 5.41) is 0.847. The van der Waals surface area contributed by atoms with Gasteiger partial charge in [0.25, 0.3) is 0 Å². The maximum Gasteiger partial charge on any atom is 0.351 e. The van der Waals surface area contributed by atoms with Gasteiger partial charge in [-0.15, -0.1) is 0 Å². The molecule has 0 amide bonds. The van der Waals surface area contributed by atoms with Crippen molar-refractivity contribution in [1.82, 2.24) is 0 Å². The minimum Gasteiger partial charge on any atom is -0.459 e. The molecule has 28 heavy (non-hydrogen) atoms. The third-order valence-corrected chi connectivity index (χ3v) is 6.70. The number of carbonyl (C=O) groups is 1. The Kier molecular flexibility index (Phi) is 4.41. The van der Waals surface area contributed by atoms with Gasteiger partial charge >= 0.3 is 11.6 Å². The summed E-state index contributed by atoms with van der Waals surface area (Å²) in [7, 11) is 0. The van der Waals surface area contributed by atoms with E-state index in [-0.39, 0.29) is 11.7 Å². The molecule has 2 aliphatic heterocycles. The van der Waals surface area contributed by atoms with Gasteiger partial charge in [-0.1, -0.05) is 13.3 Å². The van der Waals surface area contributed by atoms with E-state index in [2.05, 4.69) is 17.9 Å². The van der Waals surface area contributed by atoms with E-state index in [1.54, 1.807) is 6.07 Å². The fourth-order valence-electron chi connectivity index (χ4n) is 5.16. The molecule has 0 N–H and O–H groups in total. The van der Waals surface area contributed by atoms with Crippen molar-refractivity contribution < 1.29 is 13.9 Å². The van der Waals surface area contributed by atoms with E-state index >= 15 is 0 Å². The summed E-state index contributed by atoms with van der Waals surface area (Å²) in [6, 6.07) is 3.82. The number of benzene rings is 1. The van der Waals surface area contributed by atoms with Gasteiger partial charge in [-0.2, -0.15) is 0 Å². The van der Waals surface area contributed by atoms with Crippen molar-refractivity contribution in [2.24, 2.45) is 0 Å². The quantitative estimate of drug-likeness (QED) is 0.564. The average molecular weight is 381 g/mol. The Morgan fingerprint density at radius 1 is 1.11 bits per heavy atom. The summed E-state index contributed by atoms with van der Waals surface area (Å²) in [5.41, 5.74) is 3.81. The summed E-state index contributed by atoms with van der Waals surface area (Å²) in [4.78, 5) is 27.7. The highest BCUT2D eigenvalue weighted by atomic mass is 16.5. The van der Waals surface area contributed by atoms with E-state index < -0.39 is 11.6 Å². The maximum absolute atomic E-state index is 12.7. The van der Waals surface area contributed by atoms with Crippen LogP contribution in [-0.4, -0.2) is 25.2 Å². The Hall–Kier alpha value is -2.30. The van der Waals surface area contributed by atoms with Crippen molar-refractivity contribution in [3.05, 3.63) is 39.2 Å². The molecule has 1 saturated carbocycles. The first-order chi connectivity index (χ1) is 13.6. The Balaban J connectivity index is 1.58. The first kappa shape index (κ1) is 17.8. The number of ether oxygens (including phenoxy) is 1. The molecule has 0 saturated heterocycles. The second kappa shape index (κ2) is 6.94. The monoisotopic (exact) mass is 381 g/mol. The predicted molar refractivity (Wildman–Crippen MR) is 108 cm³/mol.